The van der Waals surface area contributed by atoms with E-state index in [1.165, 1.54) is 12.8 Å². The molecule has 1 saturated carbocycles. The Morgan fingerprint density at radius 1 is 1.69 bits per heavy atom. The lowest BCUT2D eigenvalue weighted by Gasteiger charge is -2.31. The van der Waals surface area contributed by atoms with Crippen LogP contribution in [0.25, 0.3) is 0 Å². The largest absolute Gasteiger partial charge is 0.328 e. The highest BCUT2D eigenvalue weighted by atomic mass is 15.1. The zero-order valence-corrected chi connectivity index (χ0v) is 8.33. The Morgan fingerprint density at radius 3 is 2.77 bits per heavy atom. The predicted octanol–water partition coefficient (Wildman–Crippen LogP) is 1.28. The lowest BCUT2D eigenvalue weighted by atomic mass is 9.95. The first-order valence-corrected chi connectivity index (χ1v) is 4.89. The van der Waals surface area contributed by atoms with E-state index >= 15 is 0 Å². The molecule has 1 aliphatic carbocycles. The van der Waals surface area contributed by atoms with Crippen LogP contribution < -0.4 is 5.73 Å². The van der Waals surface area contributed by atoms with Gasteiger partial charge in [0.1, 0.15) is 5.82 Å². The number of hydrogen-bond acceptors (Lipinski definition) is 2. The highest BCUT2D eigenvalue weighted by Gasteiger charge is 2.42. The monoisotopic (exact) mass is 179 g/mol. The van der Waals surface area contributed by atoms with Gasteiger partial charge in [0, 0.05) is 18.9 Å². The van der Waals surface area contributed by atoms with Crippen LogP contribution in [0.2, 0.25) is 0 Å². The Labute approximate surface area is 79.0 Å². The van der Waals surface area contributed by atoms with Gasteiger partial charge < -0.3 is 10.3 Å². The van der Waals surface area contributed by atoms with Crippen molar-refractivity contribution in [1.29, 1.82) is 0 Å². The lowest BCUT2D eigenvalue weighted by Crippen LogP contribution is -2.40. The van der Waals surface area contributed by atoms with Crippen molar-refractivity contribution >= 4 is 0 Å². The third-order valence-corrected chi connectivity index (χ3v) is 3.25. The van der Waals surface area contributed by atoms with E-state index < -0.39 is 0 Å². The third kappa shape index (κ3) is 1.27. The number of aromatic nitrogens is 2. The van der Waals surface area contributed by atoms with Crippen molar-refractivity contribution in [2.75, 3.05) is 6.54 Å². The molecule has 0 aromatic carbocycles. The Hall–Kier alpha value is -0.830. The first-order valence-electron chi connectivity index (χ1n) is 4.89. The van der Waals surface area contributed by atoms with Gasteiger partial charge in [0.15, 0.2) is 0 Å². The van der Waals surface area contributed by atoms with Crippen LogP contribution >= 0.6 is 0 Å². The summed E-state index contributed by atoms with van der Waals surface area (Å²) in [6, 6.07) is 0. The van der Waals surface area contributed by atoms with Crippen molar-refractivity contribution in [2.24, 2.45) is 11.7 Å². The van der Waals surface area contributed by atoms with Gasteiger partial charge in [0.05, 0.1) is 5.54 Å². The van der Waals surface area contributed by atoms with E-state index in [1.807, 2.05) is 19.3 Å². The van der Waals surface area contributed by atoms with Crippen LogP contribution in [0.3, 0.4) is 0 Å². The molecule has 1 aliphatic rings. The van der Waals surface area contributed by atoms with Crippen molar-refractivity contribution in [3.8, 4) is 0 Å². The smallest absolute Gasteiger partial charge is 0.106 e. The van der Waals surface area contributed by atoms with E-state index in [4.69, 9.17) is 5.73 Å². The van der Waals surface area contributed by atoms with Crippen molar-refractivity contribution in [3.05, 3.63) is 18.2 Å². The molecule has 0 aliphatic heterocycles. The minimum absolute atomic E-state index is 0.0978. The summed E-state index contributed by atoms with van der Waals surface area (Å²) in [4.78, 5) is 4.25. The summed E-state index contributed by atoms with van der Waals surface area (Å²) in [5.74, 6) is 1.82. The molecule has 3 heteroatoms. The molecule has 0 amide bonds. The normalized spacial score (nSPS) is 21.5. The van der Waals surface area contributed by atoms with E-state index in [2.05, 4.69) is 16.5 Å². The maximum Gasteiger partial charge on any atom is 0.106 e. The van der Waals surface area contributed by atoms with Crippen molar-refractivity contribution in [1.82, 2.24) is 9.55 Å². The summed E-state index contributed by atoms with van der Waals surface area (Å²) in [6.45, 7) is 4.98. The molecular weight excluding hydrogens is 162 g/mol. The van der Waals surface area contributed by atoms with Crippen molar-refractivity contribution < 1.29 is 0 Å². The number of hydrogen-bond donors (Lipinski definition) is 1. The standard InChI is InChI=1S/C10H17N3/c1-8-12-5-6-13(8)10(2,7-11)9-3-4-9/h5-6,9H,3-4,7,11H2,1-2H3. The zero-order valence-electron chi connectivity index (χ0n) is 8.33. The maximum absolute atomic E-state index is 5.86. The molecule has 1 heterocycles. The van der Waals surface area contributed by atoms with Gasteiger partial charge in [-0.05, 0) is 32.6 Å². The second-order valence-electron chi connectivity index (χ2n) is 4.18. The SMILES string of the molecule is Cc1nccn1C(C)(CN)C1CC1. The Kier molecular flexibility index (Phi) is 1.91. The van der Waals surface area contributed by atoms with Gasteiger partial charge >= 0.3 is 0 Å². The number of nitrogens with zero attached hydrogens (tertiary/aromatic N) is 2. The molecule has 1 aromatic heterocycles. The Balaban J connectivity index is 2.35. The van der Waals surface area contributed by atoms with Gasteiger partial charge in [-0.15, -0.1) is 0 Å². The second-order valence-corrected chi connectivity index (χ2v) is 4.18. The number of rotatable bonds is 3. The molecule has 3 nitrogen and oxygen atoms in total. The van der Waals surface area contributed by atoms with Gasteiger partial charge in [-0.1, -0.05) is 0 Å². The molecule has 0 saturated heterocycles. The minimum atomic E-state index is 0.0978. The van der Waals surface area contributed by atoms with Gasteiger partial charge in [-0.2, -0.15) is 0 Å². The summed E-state index contributed by atoms with van der Waals surface area (Å²) in [5.41, 5.74) is 5.96. The Bertz CT molecular complexity index is 301. The topological polar surface area (TPSA) is 43.8 Å². The maximum atomic E-state index is 5.86. The predicted molar refractivity (Wildman–Crippen MR) is 52.4 cm³/mol. The van der Waals surface area contributed by atoms with Gasteiger partial charge in [-0.25, -0.2) is 4.98 Å². The summed E-state index contributed by atoms with van der Waals surface area (Å²) >= 11 is 0. The molecule has 13 heavy (non-hydrogen) atoms. The van der Waals surface area contributed by atoms with Crippen LogP contribution in [-0.2, 0) is 5.54 Å². The first kappa shape index (κ1) is 8.75. The number of imidazole rings is 1. The van der Waals surface area contributed by atoms with Crippen LogP contribution in [0.15, 0.2) is 12.4 Å². The van der Waals surface area contributed by atoms with Crippen molar-refractivity contribution in [2.45, 2.75) is 32.2 Å². The fourth-order valence-electron chi connectivity index (χ4n) is 2.08. The molecule has 0 bridgehead atoms. The first-order chi connectivity index (χ1) is 6.18. The Morgan fingerprint density at radius 2 is 2.38 bits per heavy atom. The summed E-state index contributed by atoms with van der Waals surface area (Å²) < 4.78 is 2.23. The van der Waals surface area contributed by atoms with Gasteiger partial charge in [0.25, 0.3) is 0 Å². The van der Waals surface area contributed by atoms with Crippen LogP contribution in [0, 0.1) is 12.8 Å². The van der Waals surface area contributed by atoms with Gasteiger partial charge in [-0.3, -0.25) is 0 Å². The molecule has 0 radical (unpaired) electrons. The zero-order chi connectivity index (χ0) is 9.47. The summed E-state index contributed by atoms with van der Waals surface area (Å²) in [5, 5.41) is 0. The fourth-order valence-corrected chi connectivity index (χ4v) is 2.08. The molecule has 0 spiro atoms. The van der Waals surface area contributed by atoms with Gasteiger partial charge in [0.2, 0.25) is 0 Å². The fraction of sp³-hybridized carbons (Fsp3) is 0.700. The molecule has 2 rings (SSSR count). The van der Waals surface area contributed by atoms with E-state index in [0.29, 0.717) is 6.54 Å². The van der Waals surface area contributed by atoms with Crippen LogP contribution in [0.4, 0.5) is 0 Å². The second kappa shape index (κ2) is 2.84. The van der Waals surface area contributed by atoms with E-state index in [1.54, 1.807) is 0 Å². The van der Waals surface area contributed by atoms with Crippen molar-refractivity contribution in [3.63, 3.8) is 0 Å². The van der Waals surface area contributed by atoms with E-state index in [-0.39, 0.29) is 5.54 Å². The summed E-state index contributed by atoms with van der Waals surface area (Å²) in [7, 11) is 0. The molecule has 1 fully saturated rings. The number of aryl methyl sites for hydroxylation is 1. The van der Waals surface area contributed by atoms with E-state index in [9.17, 15) is 0 Å². The molecule has 1 aromatic rings. The van der Waals surface area contributed by atoms with Crippen LogP contribution in [0.1, 0.15) is 25.6 Å². The third-order valence-electron chi connectivity index (χ3n) is 3.25. The molecular formula is C10H17N3. The molecule has 72 valence electrons. The molecule has 1 atom stereocenters. The lowest BCUT2D eigenvalue weighted by molar-refractivity contribution is 0.275. The minimum Gasteiger partial charge on any atom is -0.328 e. The summed E-state index contributed by atoms with van der Waals surface area (Å²) in [6.07, 6.45) is 6.52. The molecule has 1 unspecified atom stereocenters. The quantitative estimate of drug-likeness (QED) is 0.759. The van der Waals surface area contributed by atoms with E-state index in [0.717, 1.165) is 11.7 Å². The highest BCUT2D eigenvalue weighted by Crippen LogP contribution is 2.43. The average Bonchev–Trinajstić information content (AvgIpc) is 2.89. The number of nitrogens with two attached hydrogens (primary N) is 1. The average molecular weight is 179 g/mol. The van der Waals surface area contributed by atoms with Crippen LogP contribution in [0.5, 0.6) is 0 Å². The highest BCUT2D eigenvalue weighted by molar-refractivity contribution is 5.04. The molecule has 2 N–H and O–H groups in total. The van der Waals surface area contributed by atoms with Crippen LogP contribution in [-0.4, -0.2) is 16.1 Å².